The lowest BCUT2D eigenvalue weighted by Crippen LogP contribution is -2.27. The second-order valence-corrected chi connectivity index (χ2v) is 5.85. The summed E-state index contributed by atoms with van der Waals surface area (Å²) in [6.07, 6.45) is 0. The molecule has 0 saturated carbocycles. The van der Waals surface area contributed by atoms with Crippen molar-refractivity contribution in [3.05, 3.63) is 69.8 Å². The number of carbonyl (C=O) groups excluding carboxylic acids is 1. The van der Waals surface area contributed by atoms with Gasteiger partial charge in [0.2, 0.25) is 0 Å². The molecule has 0 heterocycles. The minimum absolute atomic E-state index is 0.00176. The number of amides is 1. The fourth-order valence-electron chi connectivity index (χ4n) is 2.51. The number of hydrogen-bond donors (Lipinski definition) is 1. The van der Waals surface area contributed by atoms with Gasteiger partial charge in [-0.2, -0.15) is 0 Å². The molecule has 2 heteroatoms. The number of nitrogens with one attached hydrogen (secondary N) is 1. The van der Waals surface area contributed by atoms with Crippen molar-refractivity contribution in [1.29, 1.82) is 0 Å². The zero-order chi connectivity index (χ0) is 15.6. The van der Waals surface area contributed by atoms with Gasteiger partial charge in [0, 0.05) is 5.56 Å². The Balaban J connectivity index is 2.18. The van der Waals surface area contributed by atoms with Crippen LogP contribution in [0.3, 0.4) is 0 Å². The van der Waals surface area contributed by atoms with Crippen molar-refractivity contribution in [3.8, 4) is 0 Å². The standard InChI is InChI=1S/C19H23NO/c1-12-6-8-17(9-7-12)19(21)20-16(5)18-11-14(3)13(2)10-15(18)4/h6-11,16H,1-5H3,(H,20,21). The first kappa shape index (κ1) is 15.3. The molecule has 1 unspecified atom stereocenters. The third-order valence-electron chi connectivity index (χ3n) is 4.01. The van der Waals surface area contributed by atoms with Crippen LogP contribution in [0.1, 0.15) is 51.1 Å². The minimum Gasteiger partial charge on any atom is -0.346 e. The Morgan fingerprint density at radius 3 is 2.10 bits per heavy atom. The Labute approximate surface area is 127 Å². The number of aryl methyl sites for hydroxylation is 4. The molecule has 0 aliphatic rings. The first-order valence-electron chi connectivity index (χ1n) is 7.33. The van der Waals surface area contributed by atoms with E-state index >= 15 is 0 Å². The molecule has 110 valence electrons. The van der Waals surface area contributed by atoms with Gasteiger partial charge < -0.3 is 5.32 Å². The van der Waals surface area contributed by atoms with Crippen LogP contribution in [0.5, 0.6) is 0 Å². The number of benzene rings is 2. The molecule has 0 radical (unpaired) electrons. The summed E-state index contributed by atoms with van der Waals surface area (Å²) in [4.78, 5) is 12.3. The van der Waals surface area contributed by atoms with Crippen molar-refractivity contribution in [2.24, 2.45) is 0 Å². The fraction of sp³-hybridized carbons (Fsp3) is 0.316. The van der Waals surface area contributed by atoms with E-state index in [0.29, 0.717) is 5.56 Å². The van der Waals surface area contributed by atoms with Crippen molar-refractivity contribution in [2.75, 3.05) is 0 Å². The normalized spacial score (nSPS) is 12.0. The molecule has 2 aromatic rings. The molecule has 0 aromatic heterocycles. The molecular weight excluding hydrogens is 258 g/mol. The van der Waals surface area contributed by atoms with Gasteiger partial charge in [-0.25, -0.2) is 0 Å². The maximum Gasteiger partial charge on any atom is 0.251 e. The van der Waals surface area contributed by atoms with Gasteiger partial charge in [-0.15, -0.1) is 0 Å². The Morgan fingerprint density at radius 1 is 0.905 bits per heavy atom. The summed E-state index contributed by atoms with van der Waals surface area (Å²) in [5.41, 5.74) is 6.80. The van der Waals surface area contributed by atoms with E-state index in [2.05, 4.69) is 38.2 Å². The molecule has 2 nitrogen and oxygen atoms in total. The van der Waals surface area contributed by atoms with Crippen molar-refractivity contribution in [2.45, 2.75) is 40.7 Å². The van der Waals surface area contributed by atoms with Crippen LogP contribution in [0, 0.1) is 27.7 Å². The lowest BCUT2D eigenvalue weighted by atomic mass is 9.96. The molecule has 0 saturated heterocycles. The van der Waals surface area contributed by atoms with Crippen LogP contribution in [-0.4, -0.2) is 5.91 Å². The smallest absolute Gasteiger partial charge is 0.251 e. The van der Waals surface area contributed by atoms with Crippen LogP contribution in [0.25, 0.3) is 0 Å². The molecule has 0 aliphatic carbocycles. The van der Waals surface area contributed by atoms with Gasteiger partial charge >= 0.3 is 0 Å². The predicted octanol–water partition coefficient (Wildman–Crippen LogP) is 4.41. The molecule has 1 amide bonds. The zero-order valence-electron chi connectivity index (χ0n) is 13.4. The van der Waals surface area contributed by atoms with Crippen LogP contribution >= 0.6 is 0 Å². The van der Waals surface area contributed by atoms with E-state index in [1.165, 1.54) is 22.3 Å². The molecule has 1 atom stereocenters. The van der Waals surface area contributed by atoms with Gasteiger partial charge in [0.1, 0.15) is 0 Å². The van der Waals surface area contributed by atoms with Crippen LogP contribution in [0.15, 0.2) is 36.4 Å². The quantitative estimate of drug-likeness (QED) is 0.887. The summed E-state index contributed by atoms with van der Waals surface area (Å²) in [7, 11) is 0. The first-order chi connectivity index (χ1) is 9.88. The van der Waals surface area contributed by atoms with E-state index in [4.69, 9.17) is 0 Å². The highest BCUT2D eigenvalue weighted by Crippen LogP contribution is 2.22. The molecule has 0 bridgehead atoms. The van der Waals surface area contributed by atoms with Crippen LogP contribution in [0.4, 0.5) is 0 Å². The summed E-state index contributed by atoms with van der Waals surface area (Å²) < 4.78 is 0. The monoisotopic (exact) mass is 281 g/mol. The highest BCUT2D eigenvalue weighted by Gasteiger charge is 2.14. The second-order valence-electron chi connectivity index (χ2n) is 5.85. The molecule has 0 aliphatic heterocycles. The van der Waals surface area contributed by atoms with Gasteiger partial charge in [0.25, 0.3) is 5.91 Å². The summed E-state index contributed by atoms with van der Waals surface area (Å²) >= 11 is 0. The van der Waals surface area contributed by atoms with E-state index in [0.717, 1.165) is 5.56 Å². The average Bonchev–Trinajstić information content (AvgIpc) is 2.43. The van der Waals surface area contributed by atoms with Crippen molar-refractivity contribution < 1.29 is 4.79 Å². The van der Waals surface area contributed by atoms with E-state index in [9.17, 15) is 4.79 Å². The Kier molecular flexibility index (Phi) is 4.46. The van der Waals surface area contributed by atoms with Crippen molar-refractivity contribution in [3.63, 3.8) is 0 Å². The summed E-state index contributed by atoms with van der Waals surface area (Å²) in [6, 6.07) is 12.0. The van der Waals surface area contributed by atoms with Crippen molar-refractivity contribution >= 4 is 5.91 Å². The van der Waals surface area contributed by atoms with E-state index < -0.39 is 0 Å². The first-order valence-corrected chi connectivity index (χ1v) is 7.33. The lowest BCUT2D eigenvalue weighted by Gasteiger charge is -2.18. The van der Waals surface area contributed by atoms with E-state index in [1.807, 2.05) is 38.1 Å². The topological polar surface area (TPSA) is 29.1 Å². The van der Waals surface area contributed by atoms with Gasteiger partial charge in [0.15, 0.2) is 0 Å². The molecule has 2 rings (SSSR count). The summed E-state index contributed by atoms with van der Waals surface area (Å²) in [6.45, 7) is 10.4. The van der Waals surface area contributed by atoms with Gasteiger partial charge in [-0.05, 0) is 69.0 Å². The summed E-state index contributed by atoms with van der Waals surface area (Å²) in [5.74, 6) is -0.0277. The largest absolute Gasteiger partial charge is 0.346 e. The second kappa shape index (κ2) is 6.13. The number of hydrogen-bond acceptors (Lipinski definition) is 1. The molecular formula is C19H23NO. The van der Waals surface area contributed by atoms with Crippen LogP contribution in [0.2, 0.25) is 0 Å². The van der Waals surface area contributed by atoms with Crippen LogP contribution in [-0.2, 0) is 0 Å². The van der Waals surface area contributed by atoms with Gasteiger partial charge in [-0.3, -0.25) is 4.79 Å². The molecule has 21 heavy (non-hydrogen) atoms. The summed E-state index contributed by atoms with van der Waals surface area (Å²) in [5, 5.41) is 3.08. The van der Waals surface area contributed by atoms with Gasteiger partial charge in [-0.1, -0.05) is 29.8 Å². The third kappa shape index (κ3) is 3.52. The molecule has 0 spiro atoms. The fourth-order valence-corrected chi connectivity index (χ4v) is 2.51. The number of rotatable bonds is 3. The van der Waals surface area contributed by atoms with Crippen molar-refractivity contribution in [1.82, 2.24) is 5.32 Å². The predicted molar refractivity (Wildman–Crippen MR) is 87.7 cm³/mol. The SMILES string of the molecule is Cc1ccc(C(=O)NC(C)c2cc(C)c(C)cc2C)cc1. The Bertz CT molecular complexity index is 656. The third-order valence-corrected chi connectivity index (χ3v) is 4.01. The molecule has 1 N–H and O–H groups in total. The molecule has 0 fully saturated rings. The van der Waals surface area contributed by atoms with E-state index in [1.54, 1.807) is 0 Å². The maximum atomic E-state index is 12.3. The minimum atomic E-state index is -0.0277. The van der Waals surface area contributed by atoms with E-state index in [-0.39, 0.29) is 11.9 Å². The Morgan fingerprint density at radius 2 is 1.48 bits per heavy atom. The van der Waals surface area contributed by atoms with Crippen LogP contribution < -0.4 is 5.32 Å². The zero-order valence-corrected chi connectivity index (χ0v) is 13.4. The molecule has 2 aromatic carbocycles. The maximum absolute atomic E-state index is 12.3. The Hall–Kier alpha value is -2.09. The highest BCUT2D eigenvalue weighted by molar-refractivity contribution is 5.94. The van der Waals surface area contributed by atoms with Gasteiger partial charge in [0.05, 0.1) is 6.04 Å². The number of carbonyl (C=O) groups is 1. The average molecular weight is 281 g/mol. The lowest BCUT2D eigenvalue weighted by molar-refractivity contribution is 0.0940. The highest BCUT2D eigenvalue weighted by atomic mass is 16.1.